The number of hydrogen-bond donors (Lipinski definition) is 1. The highest BCUT2D eigenvalue weighted by Crippen LogP contribution is 2.30. The maximum Gasteiger partial charge on any atom is 0.252 e. The minimum Gasteiger partial charge on any atom is -0.356 e. The Morgan fingerprint density at radius 3 is 2.69 bits per heavy atom. The molecule has 0 radical (unpaired) electrons. The Morgan fingerprint density at radius 1 is 1.19 bits per heavy atom. The van der Waals surface area contributed by atoms with Gasteiger partial charge < -0.3 is 10.2 Å². The Kier molecular flexibility index (Phi) is 7.43. The lowest BCUT2D eigenvalue weighted by molar-refractivity contribution is 0.0952. The molecule has 1 saturated heterocycles. The fourth-order valence-corrected chi connectivity index (χ4v) is 4.93. The zero-order chi connectivity index (χ0) is 22.7. The smallest absolute Gasteiger partial charge is 0.252 e. The molecule has 0 unspecified atom stereocenters. The SMILES string of the molecule is CC(C)Sc1nc(N2CCCCC2)c2cnn(CCNC(=O)c3ccc(Cl)cc3Cl)c2n1. The summed E-state index contributed by atoms with van der Waals surface area (Å²) in [6, 6.07) is 4.83. The number of piperidine rings is 1. The number of carbonyl (C=O) groups is 1. The molecule has 1 aromatic carbocycles. The molecular weight excluding hydrogens is 467 g/mol. The van der Waals surface area contributed by atoms with E-state index in [0.29, 0.717) is 33.9 Å². The van der Waals surface area contributed by atoms with Crippen LogP contribution in [0, 0.1) is 0 Å². The lowest BCUT2D eigenvalue weighted by Crippen LogP contribution is -2.30. The first-order valence-corrected chi connectivity index (χ1v) is 12.4. The Hall–Kier alpha value is -2.03. The quantitative estimate of drug-likeness (QED) is 0.367. The molecule has 0 saturated carbocycles. The van der Waals surface area contributed by atoms with Gasteiger partial charge in [-0.05, 0) is 37.5 Å². The minimum atomic E-state index is -0.247. The summed E-state index contributed by atoms with van der Waals surface area (Å²) in [6.07, 6.45) is 5.44. The van der Waals surface area contributed by atoms with E-state index in [-0.39, 0.29) is 5.91 Å². The summed E-state index contributed by atoms with van der Waals surface area (Å²) >= 11 is 13.7. The predicted octanol–water partition coefficient (Wildman–Crippen LogP) is 5.05. The molecular formula is C22H26Cl2N6OS. The van der Waals surface area contributed by atoms with Crippen molar-refractivity contribution in [3.8, 4) is 0 Å². The highest BCUT2D eigenvalue weighted by molar-refractivity contribution is 7.99. The topological polar surface area (TPSA) is 75.9 Å². The van der Waals surface area contributed by atoms with Crippen LogP contribution in [0.3, 0.4) is 0 Å². The lowest BCUT2D eigenvalue weighted by Gasteiger charge is -2.28. The first-order chi connectivity index (χ1) is 15.4. The number of hydrogen-bond acceptors (Lipinski definition) is 6. The highest BCUT2D eigenvalue weighted by Gasteiger charge is 2.20. The summed E-state index contributed by atoms with van der Waals surface area (Å²) in [5, 5.41) is 10.4. The van der Waals surface area contributed by atoms with Crippen molar-refractivity contribution >= 4 is 57.7 Å². The van der Waals surface area contributed by atoms with Crippen LogP contribution in [-0.4, -0.2) is 50.5 Å². The van der Waals surface area contributed by atoms with E-state index in [9.17, 15) is 4.79 Å². The van der Waals surface area contributed by atoms with Crippen LogP contribution in [0.1, 0.15) is 43.5 Å². The molecule has 4 rings (SSSR count). The van der Waals surface area contributed by atoms with Gasteiger partial charge in [0.25, 0.3) is 5.91 Å². The van der Waals surface area contributed by atoms with Gasteiger partial charge in [0, 0.05) is 29.9 Å². The standard InChI is InChI=1S/C22H26Cl2N6OS/c1-14(2)32-22-27-19(29-9-4-3-5-10-29)17-13-26-30(20(17)28-22)11-8-25-21(31)16-7-6-15(23)12-18(16)24/h6-7,12-14H,3-5,8-11H2,1-2H3,(H,25,31). The van der Waals surface area contributed by atoms with E-state index in [1.165, 1.54) is 19.3 Å². The predicted molar refractivity (Wildman–Crippen MR) is 131 cm³/mol. The molecule has 1 aliphatic rings. The van der Waals surface area contributed by atoms with Gasteiger partial charge >= 0.3 is 0 Å². The number of halogens is 2. The number of amides is 1. The van der Waals surface area contributed by atoms with Crippen molar-refractivity contribution < 1.29 is 4.79 Å². The van der Waals surface area contributed by atoms with Crippen molar-refractivity contribution in [2.75, 3.05) is 24.5 Å². The second-order valence-electron chi connectivity index (χ2n) is 8.03. The van der Waals surface area contributed by atoms with Gasteiger partial charge in [-0.1, -0.05) is 48.8 Å². The number of nitrogens with zero attached hydrogens (tertiary/aromatic N) is 5. The largest absolute Gasteiger partial charge is 0.356 e. The molecule has 170 valence electrons. The molecule has 32 heavy (non-hydrogen) atoms. The van der Waals surface area contributed by atoms with Crippen molar-refractivity contribution in [2.24, 2.45) is 0 Å². The average Bonchev–Trinajstić information content (AvgIpc) is 3.16. The third kappa shape index (κ3) is 5.30. The molecule has 2 aromatic heterocycles. The number of fused-ring (bicyclic) bond motifs is 1. The van der Waals surface area contributed by atoms with Crippen molar-refractivity contribution in [3.05, 3.63) is 40.0 Å². The van der Waals surface area contributed by atoms with Crippen LogP contribution in [0.25, 0.3) is 11.0 Å². The molecule has 7 nitrogen and oxygen atoms in total. The van der Waals surface area contributed by atoms with Crippen LogP contribution < -0.4 is 10.2 Å². The zero-order valence-corrected chi connectivity index (χ0v) is 20.5. The lowest BCUT2D eigenvalue weighted by atomic mass is 10.1. The van der Waals surface area contributed by atoms with Crippen LogP contribution in [0.15, 0.2) is 29.6 Å². The summed E-state index contributed by atoms with van der Waals surface area (Å²) in [5.41, 5.74) is 1.19. The molecule has 1 amide bonds. The molecule has 1 N–H and O–H groups in total. The van der Waals surface area contributed by atoms with E-state index in [2.05, 4.69) is 29.2 Å². The van der Waals surface area contributed by atoms with E-state index >= 15 is 0 Å². The molecule has 0 spiro atoms. The third-order valence-electron chi connectivity index (χ3n) is 5.24. The van der Waals surface area contributed by atoms with Gasteiger partial charge in [0.15, 0.2) is 10.8 Å². The first-order valence-electron chi connectivity index (χ1n) is 10.8. The summed E-state index contributed by atoms with van der Waals surface area (Å²) in [4.78, 5) is 24.5. The highest BCUT2D eigenvalue weighted by atomic mass is 35.5. The van der Waals surface area contributed by atoms with Gasteiger partial charge in [0.05, 0.1) is 28.7 Å². The van der Waals surface area contributed by atoms with Crippen molar-refractivity contribution in [2.45, 2.75) is 50.1 Å². The number of aromatic nitrogens is 4. The Morgan fingerprint density at radius 2 is 1.97 bits per heavy atom. The maximum atomic E-state index is 12.5. The van der Waals surface area contributed by atoms with Crippen LogP contribution in [0.5, 0.6) is 0 Å². The van der Waals surface area contributed by atoms with Crippen molar-refractivity contribution in [1.82, 2.24) is 25.1 Å². The van der Waals surface area contributed by atoms with E-state index in [1.807, 2.05) is 10.9 Å². The maximum absolute atomic E-state index is 12.5. The minimum absolute atomic E-state index is 0.247. The first kappa shape index (κ1) is 23.1. The van der Waals surface area contributed by atoms with Crippen LogP contribution in [0.2, 0.25) is 10.0 Å². The van der Waals surface area contributed by atoms with Gasteiger partial charge in [0.1, 0.15) is 5.82 Å². The normalized spacial score (nSPS) is 14.3. The summed E-state index contributed by atoms with van der Waals surface area (Å²) in [5.74, 6) is 0.712. The number of anilines is 1. The van der Waals surface area contributed by atoms with E-state index < -0.39 is 0 Å². The molecule has 3 aromatic rings. The van der Waals surface area contributed by atoms with Crippen LogP contribution in [-0.2, 0) is 6.54 Å². The van der Waals surface area contributed by atoms with Crippen LogP contribution >= 0.6 is 35.0 Å². The second kappa shape index (κ2) is 10.3. The number of rotatable bonds is 7. The van der Waals surface area contributed by atoms with Crippen LogP contribution in [0.4, 0.5) is 5.82 Å². The zero-order valence-electron chi connectivity index (χ0n) is 18.1. The van der Waals surface area contributed by atoms with Gasteiger partial charge in [-0.15, -0.1) is 0 Å². The Labute approximate surface area is 201 Å². The van der Waals surface area contributed by atoms with E-state index in [1.54, 1.807) is 30.0 Å². The summed E-state index contributed by atoms with van der Waals surface area (Å²) < 4.78 is 1.83. The summed E-state index contributed by atoms with van der Waals surface area (Å²) in [7, 11) is 0. The van der Waals surface area contributed by atoms with Gasteiger partial charge in [-0.2, -0.15) is 5.10 Å². The average molecular weight is 493 g/mol. The molecule has 1 fully saturated rings. The summed E-state index contributed by atoms with van der Waals surface area (Å²) in [6.45, 7) is 7.15. The Balaban J connectivity index is 1.54. The number of benzene rings is 1. The molecule has 0 aliphatic carbocycles. The molecule has 1 aliphatic heterocycles. The van der Waals surface area contributed by atoms with Gasteiger partial charge in [0.2, 0.25) is 0 Å². The fraction of sp³-hybridized carbons (Fsp3) is 0.455. The second-order valence-corrected chi connectivity index (χ2v) is 10.4. The molecule has 10 heteroatoms. The fourth-order valence-electron chi connectivity index (χ4n) is 3.74. The van der Waals surface area contributed by atoms with E-state index in [0.717, 1.165) is 35.1 Å². The number of nitrogens with one attached hydrogen (secondary N) is 1. The molecule has 3 heterocycles. The monoisotopic (exact) mass is 492 g/mol. The number of carbonyl (C=O) groups excluding carboxylic acids is 1. The third-order valence-corrected chi connectivity index (χ3v) is 6.65. The van der Waals surface area contributed by atoms with Gasteiger partial charge in [-0.25, -0.2) is 14.6 Å². The van der Waals surface area contributed by atoms with Crippen molar-refractivity contribution in [1.29, 1.82) is 0 Å². The Bertz CT molecular complexity index is 1110. The number of thioether (sulfide) groups is 1. The van der Waals surface area contributed by atoms with E-state index in [4.69, 9.17) is 33.2 Å². The molecule has 0 bridgehead atoms. The van der Waals surface area contributed by atoms with Crippen molar-refractivity contribution in [3.63, 3.8) is 0 Å². The van der Waals surface area contributed by atoms with Gasteiger partial charge in [-0.3, -0.25) is 4.79 Å². The molecule has 0 atom stereocenters.